The number of nitrogens with one attached hydrogen (secondary N) is 1. The Labute approximate surface area is 114 Å². The zero-order valence-corrected chi connectivity index (χ0v) is 11.4. The molecule has 1 aliphatic heterocycles. The number of rotatable bonds is 5. The van der Waals surface area contributed by atoms with E-state index in [2.05, 4.69) is 11.2 Å². The van der Waals surface area contributed by atoms with E-state index in [1.54, 1.807) is 4.90 Å². The SMILES string of the molecule is C#CC(CC)NC(=O)N1CCCC(CCC(=O)O)C1. The van der Waals surface area contributed by atoms with E-state index < -0.39 is 5.97 Å². The van der Waals surface area contributed by atoms with Crippen molar-refractivity contribution in [1.29, 1.82) is 0 Å². The van der Waals surface area contributed by atoms with Crippen LogP contribution in [0.5, 0.6) is 0 Å². The van der Waals surface area contributed by atoms with Gasteiger partial charge in [0.15, 0.2) is 0 Å². The number of piperidine rings is 1. The van der Waals surface area contributed by atoms with Crippen molar-refractivity contribution >= 4 is 12.0 Å². The summed E-state index contributed by atoms with van der Waals surface area (Å²) in [5.41, 5.74) is 0. The molecule has 5 nitrogen and oxygen atoms in total. The van der Waals surface area contributed by atoms with Gasteiger partial charge in [-0.05, 0) is 31.6 Å². The van der Waals surface area contributed by atoms with E-state index in [9.17, 15) is 9.59 Å². The van der Waals surface area contributed by atoms with E-state index >= 15 is 0 Å². The third kappa shape index (κ3) is 5.21. The van der Waals surface area contributed by atoms with Gasteiger partial charge in [-0.1, -0.05) is 12.8 Å². The van der Waals surface area contributed by atoms with Crippen LogP contribution in [0.3, 0.4) is 0 Å². The smallest absolute Gasteiger partial charge is 0.318 e. The number of hydrogen-bond donors (Lipinski definition) is 2. The molecule has 2 atom stereocenters. The third-order valence-electron chi connectivity index (χ3n) is 3.48. The minimum Gasteiger partial charge on any atom is -0.481 e. The van der Waals surface area contributed by atoms with Crippen molar-refractivity contribution in [3.8, 4) is 12.3 Å². The second kappa shape index (κ2) is 7.67. The highest BCUT2D eigenvalue weighted by Gasteiger charge is 2.24. The summed E-state index contributed by atoms with van der Waals surface area (Å²) in [7, 11) is 0. The average Bonchev–Trinajstić information content (AvgIpc) is 2.42. The lowest BCUT2D eigenvalue weighted by Gasteiger charge is -2.33. The molecule has 106 valence electrons. The number of carbonyl (C=O) groups excluding carboxylic acids is 1. The topological polar surface area (TPSA) is 69.6 Å². The van der Waals surface area contributed by atoms with E-state index in [1.165, 1.54) is 0 Å². The number of carbonyl (C=O) groups is 2. The number of carboxylic acid groups (broad SMARTS) is 1. The molecule has 0 bridgehead atoms. The highest BCUT2D eigenvalue weighted by atomic mass is 16.4. The molecule has 2 amide bonds. The summed E-state index contributed by atoms with van der Waals surface area (Å²) >= 11 is 0. The monoisotopic (exact) mass is 266 g/mol. The van der Waals surface area contributed by atoms with Crippen molar-refractivity contribution in [2.75, 3.05) is 13.1 Å². The van der Waals surface area contributed by atoms with E-state index in [0.717, 1.165) is 19.4 Å². The van der Waals surface area contributed by atoms with E-state index in [4.69, 9.17) is 11.5 Å². The number of terminal acetylenes is 1. The van der Waals surface area contributed by atoms with Gasteiger partial charge in [0.05, 0.1) is 6.04 Å². The molecular weight excluding hydrogens is 244 g/mol. The van der Waals surface area contributed by atoms with E-state index in [1.807, 2.05) is 6.92 Å². The Morgan fingerprint density at radius 2 is 2.32 bits per heavy atom. The first-order chi connectivity index (χ1) is 9.06. The van der Waals surface area contributed by atoms with Crippen LogP contribution in [0, 0.1) is 18.3 Å². The van der Waals surface area contributed by atoms with Crippen molar-refractivity contribution in [2.45, 2.75) is 45.1 Å². The normalized spacial score (nSPS) is 20.4. The van der Waals surface area contributed by atoms with Gasteiger partial charge in [-0.3, -0.25) is 4.79 Å². The lowest BCUT2D eigenvalue weighted by Crippen LogP contribution is -2.48. The van der Waals surface area contributed by atoms with Gasteiger partial charge in [0, 0.05) is 19.5 Å². The van der Waals surface area contributed by atoms with Gasteiger partial charge in [-0.15, -0.1) is 6.42 Å². The Kier molecular flexibility index (Phi) is 6.20. The minimum atomic E-state index is -0.778. The Bertz CT molecular complexity index is 362. The fourth-order valence-electron chi connectivity index (χ4n) is 2.31. The van der Waals surface area contributed by atoms with Crippen LogP contribution in [0.2, 0.25) is 0 Å². The van der Waals surface area contributed by atoms with Gasteiger partial charge < -0.3 is 15.3 Å². The molecule has 0 spiro atoms. The molecular formula is C14H22N2O3. The Morgan fingerprint density at radius 3 is 2.89 bits per heavy atom. The first-order valence-corrected chi connectivity index (χ1v) is 6.80. The molecule has 1 aliphatic rings. The van der Waals surface area contributed by atoms with Crippen molar-refractivity contribution in [3.63, 3.8) is 0 Å². The zero-order chi connectivity index (χ0) is 14.3. The maximum atomic E-state index is 12.0. The molecule has 5 heteroatoms. The molecule has 2 N–H and O–H groups in total. The van der Waals surface area contributed by atoms with Crippen molar-refractivity contribution in [1.82, 2.24) is 10.2 Å². The largest absolute Gasteiger partial charge is 0.481 e. The standard InChI is InChI=1S/C14H22N2O3/c1-3-12(4-2)15-14(19)16-9-5-6-11(10-16)7-8-13(17)18/h1,11-12H,4-10H2,2H3,(H,15,19)(H,17,18). The minimum absolute atomic E-state index is 0.134. The number of aliphatic carboxylic acids is 1. The maximum absolute atomic E-state index is 12.0. The van der Waals surface area contributed by atoms with Crippen LogP contribution in [0.15, 0.2) is 0 Å². The summed E-state index contributed by atoms with van der Waals surface area (Å²) in [4.78, 5) is 24.3. The van der Waals surface area contributed by atoms with Crippen molar-refractivity contribution in [2.24, 2.45) is 5.92 Å². The van der Waals surface area contributed by atoms with Gasteiger partial charge in [0.1, 0.15) is 0 Å². The summed E-state index contributed by atoms with van der Waals surface area (Å²) < 4.78 is 0. The molecule has 0 saturated carbocycles. The molecule has 0 radical (unpaired) electrons. The molecule has 1 fully saturated rings. The first-order valence-electron chi connectivity index (χ1n) is 6.80. The average molecular weight is 266 g/mol. The van der Waals surface area contributed by atoms with E-state index in [-0.39, 0.29) is 24.4 Å². The van der Waals surface area contributed by atoms with Crippen LogP contribution in [-0.2, 0) is 4.79 Å². The van der Waals surface area contributed by atoms with Crippen LogP contribution in [-0.4, -0.2) is 41.1 Å². The molecule has 0 aliphatic carbocycles. The number of amides is 2. The molecule has 0 aromatic heterocycles. The highest BCUT2D eigenvalue weighted by Crippen LogP contribution is 2.21. The maximum Gasteiger partial charge on any atom is 0.318 e. The van der Waals surface area contributed by atoms with Gasteiger partial charge in [0.25, 0.3) is 0 Å². The van der Waals surface area contributed by atoms with Gasteiger partial charge in [-0.2, -0.15) is 0 Å². The Balaban J connectivity index is 2.43. The Morgan fingerprint density at radius 1 is 1.58 bits per heavy atom. The lowest BCUT2D eigenvalue weighted by atomic mass is 9.93. The van der Waals surface area contributed by atoms with Crippen LogP contribution >= 0.6 is 0 Å². The number of nitrogens with zero attached hydrogens (tertiary/aromatic N) is 1. The molecule has 1 saturated heterocycles. The Hall–Kier alpha value is -1.70. The summed E-state index contributed by atoms with van der Waals surface area (Å²) in [6, 6.07) is -0.364. The molecule has 1 rings (SSSR count). The van der Waals surface area contributed by atoms with Gasteiger partial charge in [0.2, 0.25) is 0 Å². The first kappa shape index (κ1) is 15.4. The van der Waals surface area contributed by atoms with Gasteiger partial charge >= 0.3 is 12.0 Å². The fourth-order valence-corrected chi connectivity index (χ4v) is 2.31. The summed E-state index contributed by atoms with van der Waals surface area (Å²) in [5, 5.41) is 11.5. The van der Waals surface area contributed by atoms with Crippen LogP contribution in [0.4, 0.5) is 4.79 Å². The summed E-state index contributed by atoms with van der Waals surface area (Å²) in [6.45, 7) is 3.27. The van der Waals surface area contributed by atoms with E-state index in [0.29, 0.717) is 19.4 Å². The van der Waals surface area contributed by atoms with Crippen molar-refractivity contribution in [3.05, 3.63) is 0 Å². The fraction of sp³-hybridized carbons (Fsp3) is 0.714. The van der Waals surface area contributed by atoms with Crippen molar-refractivity contribution < 1.29 is 14.7 Å². The summed E-state index contributed by atoms with van der Waals surface area (Å²) in [6.07, 6.45) is 8.74. The van der Waals surface area contributed by atoms with Crippen LogP contribution < -0.4 is 5.32 Å². The molecule has 19 heavy (non-hydrogen) atoms. The highest BCUT2D eigenvalue weighted by molar-refractivity contribution is 5.75. The quantitative estimate of drug-likeness (QED) is 0.744. The number of carboxylic acids is 1. The predicted octanol–water partition coefficient (Wildman–Crippen LogP) is 1.68. The number of likely N-dealkylation sites (tertiary alicyclic amines) is 1. The number of hydrogen-bond acceptors (Lipinski definition) is 2. The summed E-state index contributed by atoms with van der Waals surface area (Å²) in [5.74, 6) is 2.04. The zero-order valence-electron chi connectivity index (χ0n) is 11.4. The molecule has 0 aromatic carbocycles. The second-order valence-electron chi connectivity index (χ2n) is 4.96. The predicted molar refractivity (Wildman–Crippen MR) is 72.6 cm³/mol. The lowest BCUT2D eigenvalue weighted by molar-refractivity contribution is -0.137. The molecule has 1 heterocycles. The molecule has 0 aromatic rings. The van der Waals surface area contributed by atoms with Gasteiger partial charge in [-0.25, -0.2) is 4.79 Å². The second-order valence-corrected chi connectivity index (χ2v) is 4.96. The number of urea groups is 1. The van der Waals surface area contributed by atoms with Crippen LogP contribution in [0.25, 0.3) is 0 Å². The third-order valence-corrected chi connectivity index (χ3v) is 3.48. The molecule has 2 unspecified atom stereocenters. The van der Waals surface area contributed by atoms with Crippen LogP contribution in [0.1, 0.15) is 39.0 Å².